The fraction of sp³-hybridized carbons (Fsp3) is 1.00. The maximum atomic E-state index is 10.8. The van der Waals surface area contributed by atoms with Crippen LogP contribution in [0.3, 0.4) is 0 Å². The van der Waals surface area contributed by atoms with E-state index in [9.17, 15) is 3.32 Å². The van der Waals surface area contributed by atoms with Crippen LogP contribution in [0.15, 0.2) is 0 Å². The first-order valence-electron chi connectivity index (χ1n) is 7.00. The van der Waals surface area contributed by atoms with Gasteiger partial charge in [0, 0.05) is 0 Å². The van der Waals surface area contributed by atoms with Crippen molar-refractivity contribution in [3.05, 3.63) is 0 Å². The third kappa shape index (κ3) is 7.90. The number of hydrogen-bond acceptors (Lipinski definition) is 6. The Labute approximate surface area is 127 Å². The van der Waals surface area contributed by atoms with Crippen molar-refractivity contribution in [3.63, 3.8) is 0 Å². The van der Waals surface area contributed by atoms with E-state index < -0.39 is 30.7 Å². The molecule has 0 heterocycles. The molecule has 0 saturated carbocycles. The molecular weight excluding hydrogens is 304 g/mol. The number of ether oxygens (including phenoxy) is 3. The van der Waals surface area contributed by atoms with Crippen molar-refractivity contribution in [3.8, 4) is 0 Å². The standard InChI is InChI=1S/C12H26O5.H2O.O.Ti/c1-5-8-14-11(4)12(17-13,15-9-6-2)16-10-7-3;;;/h11,13H,5-10H2,1-4H3;1H2;;/q;;;+2/p-2. The van der Waals surface area contributed by atoms with Gasteiger partial charge in [-0.05, 0) is 0 Å². The monoisotopic (exact) mass is 330 g/mol. The molecule has 0 rings (SSSR count). The van der Waals surface area contributed by atoms with Crippen LogP contribution in [-0.4, -0.2) is 35.6 Å². The van der Waals surface area contributed by atoms with E-state index in [1.165, 1.54) is 0 Å². The van der Waals surface area contributed by atoms with Crippen LogP contribution in [0.1, 0.15) is 47.0 Å². The fourth-order valence-electron chi connectivity index (χ4n) is 1.37. The van der Waals surface area contributed by atoms with Gasteiger partial charge >= 0.3 is 127 Å². The van der Waals surface area contributed by atoms with E-state index in [4.69, 9.17) is 22.8 Å². The number of rotatable bonds is 13. The second-order valence-electron chi connectivity index (χ2n) is 4.25. The maximum absolute atomic E-state index is 10.8. The van der Waals surface area contributed by atoms with E-state index in [-0.39, 0.29) is 0 Å². The second kappa shape index (κ2) is 11.9. The molecular formula is C12H26O7Ti. The van der Waals surface area contributed by atoms with Crippen molar-refractivity contribution in [2.75, 3.05) is 19.8 Å². The molecule has 20 heavy (non-hydrogen) atoms. The van der Waals surface area contributed by atoms with Gasteiger partial charge in [-0.15, -0.1) is 0 Å². The van der Waals surface area contributed by atoms with Gasteiger partial charge in [0.25, 0.3) is 0 Å². The minimum absolute atomic E-state index is 0.354. The minimum atomic E-state index is -3.85. The molecule has 1 unspecified atom stereocenters. The van der Waals surface area contributed by atoms with Gasteiger partial charge in [-0.3, -0.25) is 0 Å². The normalized spacial score (nSPS) is 13.4. The van der Waals surface area contributed by atoms with Crippen molar-refractivity contribution in [2.45, 2.75) is 59.0 Å². The fourth-order valence-corrected chi connectivity index (χ4v) is 1.66. The van der Waals surface area contributed by atoms with E-state index in [2.05, 4.69) is 3.47 Å². The Morgan fingerprint density at radius 3 is 1.95 bits per heavy atom. The quantitative estimate of drug-likeness (QED) is 0.239. The van der Waals surface area contributed by atoms with Gasteiger partial charge in [0.05, 0.1) is 0 Å². The molecule has 0 spiro atoms. The molecule has 0 saturated heterocycles. The summed E-state index contributed by atoms with van der Waals surface area (Å²) in [6.45, 7) is 8.76. The van der Waals surface area contributed by atoms with Gasteiger partial charge in [-0.1, -0.05) is 0 Å². The Kier molecular flexibility index (Phi) is 12.0. The zero-order valence-electron chi connectivity index (χ0n) is 12.7. The van der Waals surface area contributed by atoms with Crippen LogP contribution in [0.4, 0.5) is 0 Å². The number of hydrogen-bond donors (Lipinski definition) is 1. The SMILES string of the molecule is CCCOC(C)C(OCCC)(OCCC)O[O][Ti](=[O])[OH]. The van der Waals surface area contributed by atoms with Gasteiger partial charge in [0.2, 0.25) is 0 Å². The van der Waals surface area contributed by atoms with Crippen LogP contribution in [-0.2, 0) is 44.5 Å². The summed E-state index contributed by atoms with van der Waals surface area (Å²) in [6, 6.07) is 0. The van der Waals surface area contributed by atoms with Crippen molar-refractivity contribution in [2.24, 2.45) is 0 Å². The van der Waals surface area contributed by atoms with Crippen LogP contribution in [0.2, 0.25) is 0 Å². The van der Waals surface area contributed by atoms with Gasteiger partial charge in [-0.25, -0.2) is 0 Å². The first-order valence-corrected chi connectivity index (χ1v) is 8.97. The van der Waals surface area contributed by atoms with Crippen molar-refractivity contribution in [1.29, 1.82) is 0 Å². The van der Waals surface area contributed by atoms with Crippen LogP contribution in [0.25, 0.3) is 0 Å². The molecule has 0 aromatic rings. The first-order chi connectivity index (χ1) is 9.52. The summed E-state index contributed by atoms with van der Waals surface area (Å²) >= 11 is -3.85. The molecule has 1 atom stereocenters. The van der Waals surface area contributed by atoms with Gasteiger partial charge in [-0.2, -0.15) is 0 Å². The molecule has 0 aromatic heterocycles. The average Bonchev–Trinajstić information content (AvgIpc) is 2.44. The predicted molar refractivity (Wildman–Crippen MR) is 66.0 cm³/mol. The molecule has 0 radical (unpaired) electrons. The molecule has 0 aliphatic carbocycles. The van der Waals surface area contributed by atoms with E-state index >= 15 is 0 Å². The van der Waals surface area contributed by atoms with Gasteiger partial charge in [0.15, 0.2) is 0 Å². The van der Waals surface area contributed by atoms with E-state index in [0.717, 1.165) is 19.3 Å². The topological polar surface area (TPSA) is 83.5 Å². The van der Waals surface area contributed by atoms with Crippen LogP contribution >= 0.6 is 0 Å². The summed E-state index contributed by atoms with van der Waals surface area (Å²) in [6.07, 6.45) is 1.70. The average molecular weight is 330 g/mol. The molecule has 0 amide bonds. The van der Waals surface area contributed by atoms with Gasteiger partial charge in [0.1, 0.15) is 0 Å². The first kappa shape index (κ1) is 20.3. The summed E-state index contributed by atoms with van der Waals surface area (Å²) < 4.78 is 40.8. The van der Waals surface area contributed by atoms with Crippen LogP contribution < -0.4 is 0 Å². The summed E-state index contributed by atoms with van der Waals surface area (Å²) in [4.78, 5) is 5.00. The zero-order chi connectivity index (χ0) is 15.4. The summed E-state index contributed by atoms with van der Waals surface area (Å²) in [5.74, 6) is -1.62. The molecule has 8 heteroatoms. The second-order valence-corrected chi connectivity index (χ2v) is 5.34. The Hall–Kier alpha value is 0.274. The Morgan fingerprint density at radius 1 is 1.05 bits per heavy atom. The molecule has 0 fully saturated rings. The van der Waals surface area contributed by atoms with Gasteiger partial charge < -0.3 is 0 Å². The molecule has 0 aliphatic rings. The Balaban J connectivity index is 4.89. The van der Waals surface area contributed by atoms with Crippen LogP contribution in [0, 0.1) is 0 Å². The Bertz CT molecular complexity index is 254. The summed E-state index contributed by atoms with van der Waals surface area (Å²) in [5.41, 5.74) is 0. The Morgan fingerprint density at radius 2 is 1.55 bits per heavy atom. The predicted octanol–water partition coefficient (Wildman–Crippen LogP) is 2.04. The third-order valence-electron chi connectivity index (χ3n) is 2.31. The van der Waals surface area contributed by atoms with Crippen LogP contribution in [0.5, 0.6) is 0 Å². The van der Waals surface area contributed by atoms with E-state index in [1.807, 2.05) is 20.8 Å². The zero-order valence-corrected chi connectivity index (χ0v) is 14.3. The third-order valence-corrected chi connectivity index (χ3v) is 2.67. The van der Waals surface area contributed by atoms with Crippen molar-refractivity contribution >= 4 is 0 Å². The van der Waals surface area contributed by atoms with E-state index in [1.54, 1.807) is 6.92 Å². The summed E-state index contributed by atoms with van der Waals surface area (Å²) in [5, 5.41) is 0. The molecule has 1 N–H and O–H groups in total. The molecule has 7 nitrogen and oxygen atoms in total. The van der Waals surface area contributed by atoms with Crippen molar-refractivity contribution < 1.29 is 48.2 Å². The molecule has 120 valence electrons. The molecule has 0 aromatic carbocycles. The van der Waals surface area contributed by atoms with E-state index in [0.29, 0.717) is 19.8 Å². The van der Waals surface area contributed by atoms with Crippen molar-refractivity contribution in [1.82, 2.24) is 0 Å². The molecule has 0 bridgehead atoms. The molecule has 0 aliphatic heterocycles. The summed E-state index contributed by atoms with van der Waals surface area (Å²) in [7, 11) is 0.